The minimum Gasteiger partial charge on any atom is -0.481 e. The number of carbonyl (C=O) groups excluding carboxylic acids is 1. The molecule has 0 radical (unpaired) electrons. The summed E-state index contributed by atoms with van der Waals surface area (Å²) >= 11 is 0. The Morgan fingerprint density at radius 3 is 1.46 bits per heavy atom. The van der Waals surface area contributed by atoms with E-state index in [-0.39, 0.29) is 16.9 Å². The number of carboxylic acid groups (broad SMARTS) is 3. The van der Waals surface area contributed by atoms with E-state index in [4.69, 9.17) is 26.2 Å². The van der Waals surface area contributed by atoms with Crippen LogP contribution >= 0.6 is 0 Å². The maximum absolute atomic E-state index is 10.4. The van der Waals surface area contributed by atoms with Gasteiger partial charge in [0.15, 0.2) is 5.60 Å². The van der Waals surface area contributed by atoms with Crippen LogP contribution in [0.4, 0.5) is 0 Å². The van der Waals surface area contributed by atoms with Crippen molar-refractivity contribution < 1.29 is 50.6 Å². The van der Waals surface area contributed by atoms with Gasteiger partial charge in [0, 0.05) is 5.56 Å². The molecule has 1 aromatic rings. The molecule has 0 unspecified atom stereocenters. The minimum absolute atomic E-state index is 0. The Morgan fingerprint density at radius 1 is 0.875 bits per heavy atom. The van der Waals surface area contributed by atoms with Gasteiger partial charge >= 0.3 is 17.9 Å². The lowest BCUT2D eigenvalue weighted by Crippen LogP contribution is -2.42. The zero-order chi connectivity index (χ0) is 17.3. The maximum Gasteiger partial charge on any atom is 0.336 e. The summed E-state index contributed by atoms with van der Waals surface area (Å²) in [5.41, 5.74) is 2.79. The molecular weight excluding hydrogens is 330 g/mol. The van der Waals surface area contributed by atoms with Gasteiger partial charge in [0.2, 0.25) is 5.91 Å². The van der Waals surface area contributed by atoms with E-state index >= 15 is 0 Å². The summed E-state index contributed by atoms with van der Waals surface area (Å²) in [5, 5.41) is 33.8. The Hall–Kier alpha value is -3.02. The molecule has 0 spiro atoms. The molecule has 0 bridgehead atoms. The lowest BCUT2D eigenvalue weighted by molar-refractivity contribution is -0.170. The van der Waals surface area contributed by atoms with E-state index in [0.717, 1.165) is 0 Å². The number of hydrogen-bond acceptors (Lipinski definition) is 5. The van der Waals surface area contributed by atoms with Gasteiger partial charge in [-0.1, -0.05) is 18.2 Å². The zero-order valence-corrected chi connectivity index (χ0v) is 12.3. The summed E-state index contributed by atoms with van der Waals surface area (Å²) in [7, 11) is 0. The molecule has 1 rings (SSSR count). The molecule has 0 aromatic heterocycles. The van der Waals surface area contributed by atoms with Crippen LogP contribution in [0, 0.1) is 0 Å². The molecule has 11 nitrogen and oxygen atoms in total. The average Bonchev–Trinajstić information content (AvgIpc) is 2.38. The van der Waals surface area contributed by atoms with E-state index in [9.17, 15) is 19.2 Å². The summed E-state index contributed by atoms with van der Waals surface area (Å²) in [6.07, 6.45) is -2.29. The highest BCUT2D eigenvalue weighted by molar-refractivity contribution is 5.92. The molecule has 1 aromatic carbocycles. The highest BCUT2D eigenvalue weighted by Gasteiger charge is 2.40. The Morgan fingerprint density at radius 2 is 1.25 bits per heavy atom. The van der Waals surface area contributed by atoms with Crippen LogP contribution in [-0.4, -0.2) is 60.8 Å². The monoisotopic (exact) mass is 349 g/mol. The topological polar surface area (TPSA) is 238 Å². The fraction of sp³-hybridized carbons (Fsp3) is 0.231. The standard InChI is InChI=1S/C7H7NO.C6H8O7.2H2O/c8-7(9)6-4-2-1-3-5-6;7-3(8)1-6(13,5(11)12)2-4(9)10;;/h1-5H,(H2,8,9);13H,1-2H2,(H,7,8)(H,9,10)(H,11,12);2*1H2. The first-order valence-electron chi connectivity index (χ1n) is 5.82. The van der Waals surface area contributed by atoms with Crippen LogP contribution in [0.2, 0.25) is 0 Å². The molecule has 0 aliphatic heterocycles. The van der Waals surface area contributed by atoms with Crippen molar-refractivity contribution in [2.45, 2.75) is 18.4 Å². The van der Waals surface area contributed by atoms with Gasteiger partial charge in [-0.2, -0.15) is 0 Å². The number of hydrogen-bond donors (Lipinski definition) is 5. The molecule has 0 aliphatic carbocycles. The van der Waals surface area contributed by atoms with Crippen molar-refractivity contribution in [2.24, 2.45) is 5.73 Å². The number of aliphatic carboxylic acids is 3. The van der Waals surface area contributed by atoms with Crippen molar-refractivity contribution >= 4 is 23.8 Å². The summed E-state index contributed by atoms with van der Waals surface area (Å²) in [4.78, 5) is 40.9. The predicted molar refractivity (Wildman–Crippen MR) is 79.3 cm³/mol. The second-order valence-electron chi connectivity index (χ2n) is 4.21. The largest absolute Gasteiger partial charge is 0.481 e. The number of primary amides is 1. The van der Waals surface area contributed by atoms with Crippen molar-refractivity contribution in [2.75, 3.05) is 0 Å². The van der Waals surface area contributed by atoms with Crippen LogP contribution < -0.4 is 5.73 Å². The maximum atomic E-state index is 10.4. The summed E-state index contributed by atoms with van der Waals surface area (Å²) in [6, 6.07) is 8.76. The molecule has 0 fully saturated rings. The van der Waals surface area contributed by atoms with Gasteiger partial charge in [-0.25, -0.2) is 4.79 Å². The van der Waals surface area contributed by atoms with Crippen molar-refractivity contribution in [1.82, 2.24) is 0 Å². The fourth-order valence-electron chi connectivity index (χ4n) is 1.32. The van der Waals surface area contributed by atoms with Gasteiger partial charge in [-0.3, -0.25) is 14.4 Å². The molecule has 0 atom stereocenters. The molecule has 24 heavy (non-hydrogen) atoms. The third-order valence-corrected chi connectivity index (χ3v) is 2.34. The first-order valence-corrected chi connectivity index (χ1v) is 5.82. The van der Waals surface area contributed by atoms with Crippen LogP contribution in [0.3, 0.4) is 0 Å². The molecular formula is C13H19NO10. The number of benzene rings is 1. The number of rotatable bonds is 6. The zero-order valence-electron chi connectivity index (χ0n) is 12.3. The van der Waals surface area contributed by atoms with Gasteiger partial charge in [-0.15, -0.1) is 0 Å². The van der Waals surface area contributed by atoms with Crippen LogP contribution in [0.25, 0.3) is 0 Å². The fourth-order valence-corrected chi connectivity index (χ4v) is 1.32. The molecule has 11 heteroatoms. The molecule has 0 aliphatic rings. The average molecular weight is 349 g/mol. The van der Waals surface area contributed by atoms with Gasteiger partial charge in [0.05, 0.1) is 12.8 Å². The first-order chi connectivity index (χ1) is 10.1. The third-order valence-electron chi connectivity index (χ3n) is 2.34. The van der Waals surface area contributed by atoms with Crippen molar-refractivity contribution in [3.8, 4) is 0 Å². The molecule has 10 N–H and O–H groups in total. The van der Waals surface area contributed by atoms with Crippen molar-refractivity contribution in [3.63, 3.8) is 0 Å². The summed E-state index contributed by atoms with van der Waals surface area (Å²) < 4.78 is 0. The number of carboxylic acids is 3. The van der Waals surface area contributed by atoms with E-state index in [1.165, 1.54) is 0 Å². The Bertz CT molecular complexity index is 541. The lowest BCUT2D eigenvalue weighted by atomic mass is 9.96. The van der Waals surface area contributed by atoms with Crippen molar-refractivity contribution in [3.05, 3.63) is 35.9 Å². The number of aliphatic hydroxyl groups is 1. The Balaban J connectivity index is -0.000000355. The van der Waals surface area contributed by atoms with Gasteiger partial charge in [0.25, 0.3) is 0 Å². The molecule has 0 heterocycles. The predicted octanol–water partition coefficient (Wildman–Crippen LogP) is -2.11. The van der Waals surface area contributed by atoms with Gasteiger partial charge in [0.1, 0.15) is 0 Å². The highest BCUT2D eigenvalue weighted by Crippen LogP contribution is 2.15. The number of carbonyl (C=O) groups is 4. The first kappa shape index (κ1) is 25.9. The van der Waals surface area contributed by atoms with E-state index in [1.807, 2.05) is 6.07 Å². The van der Waals surface area contributed by atoms with Crippen molar-refractivity contribution in [1.29, 1.82) is 0 Å². The Kier molecular flexibility index (Phi) is 12.5. The highest BCUT2D eigenvalue weighted by atomic mass is 16.4. The van der Waals surface area contributed by atoms with Gasteiger partial charge < -0.3 is 37.1 Å². The van der Waals surface area contributed by atoms with E-state index < -0.39 is 36.4 Å². The van der Waals surface area contributed by atoms with Crippen LogP contribution in [0.5, 0.6) is 0 Å². The quantitative estimate of drug-likeness (QED) is 0.379. The normalized spacial score (nSPS) is 9.21. The molecule has 1 amide bonds. The van der Waals surface area contributed by atoms with Gasteiger partial charge in [-0.05, 0) is 12.1 Å². The molecule has 0 saturated heterocycles. The molecule has 0 saturated carbocycles. The van der Waals surface area contributed by atoms with Crippen LogP contribution in [0.15, 0.2) is 30.3 Å². The van der Waals surface area contributed by atoms with E-state index in [0.29, 0.717) is 5.56 Å². The number of amides is 1. The second kappa shape index (κ2) is 11.5. The minimum atomic E-state index is -2.74. The second-order valence-corrected chi connectivity index (χ2v) is 4.21. The van der Waals surface area contributed by atoms with Crippen LogP contribution in [0.1, 0.15) is 23.2 Å². The number of nitrogens with two attached hydrogens (primary N) is 1. The molecule has 136 valence electrons. The van der Waals surface area contributed by atoms with E-state index in [1.54, 1.807) is 24.3 Å². The summed E-state index contributed by atoms with van der Waals surface area (Å²) in [6.45, 7) is 0. The van der Waals surface area contributed by atoms with Crippen LogP contribution in [-0.2, 0) is 14.4 Å². The lowest BCUT2D eigenvalue weighted by Gasteiger charge is -2.18. The Labute approximate surface area is 135 Å². The SMILES string of the molecule is NC(=O)c1ccccc1.O.O.O=C(O)CC(O)(CC(=O)O)C(=O)O. The van der Waals surface area contributed by atoms with E-state index in [2.05, 4.69) is 0 Å². The third kappa shape index (κ3) is 9.83. The summed E-state index contributed by atoms with van der Waals surface area (Å²) in [5.74, 6) is -5.40. The smallest absolute Gasteiger partial charge is 0.336 e.